The van der Waals surface area contributed by atoms with E-state index >= 15 is 0 Å². The summed E-state index contributed by atoms with van der Waals surface area (Å²) in [6.07, 6.45) is 0. The van der Waals surface area contributed by atoms with Gasteiger partial charge in [0.25, 0.3) is 0 Å². The van der Waals surface area contributed by atoms with Gasteiger partial charge in [-0.3, -0.25) is 4.79 Å². The number of ether oxygens (including phenoxy) is 1. The van der Waals surface area contributed by atoms with Crippen LogP contribution in [0.15, 0.2) is 18.2 Å². The summed E-state index contributed by atoms with van der Waals surface area (Å²) in [6.45, 7) is 6.25. The van der Waals surface area contributed by atoms with Crippen molar-refractivity contribution in [2.24, 2.45) is 11.7 Å². The quantitative estimate of drug-likeness (QED) is 0.505. The minimum atomic E-state index is -0.478. The van der Waals surface area contributed by atoms with E-state index in [1.54, 1.807) is 18.2 Å². The molecule has 0 heterocycles. The van der Waals surface area contributed by atoms with Crippen LogP contribution < -0.4 is 16.8 Å². The third-order valence-corrected chi connectivity index (χ3v) is 2.35. The van der Waals surface area contributed by atoms with Gasteiger partial charge in [-0.2, -0.15) is 0 Å². The average molecular weight is 251 g/mol. The molecular formula is C13H21N3O2. The molecule has 1 aromatic rings. The van der Waals surface area contributed by atoms with E-state index in [0.717, 1.165) is 12.3 Å². The lowest BCUT2D eigenvalue weighted by atomic mass is 10.1. The maximum atomic E-state index is 11.0. The van der Waals surface area contributed by atoms with E-state index in [1.807, 2.05) is 0 Å². The fraction of sp³-hybridized carbons (Fsp3) is 0.462. The molecule has 18 heavy (non-hydrogen) atoms. The number of nitrogens with one attached hydrogen (secondary N) is 1. The van der Waals surface area contributed by atoms with Gasteiger partial charge in [-0.15, -0.1) is 0 Å². The van der Waals surface area contributed by atoms with Gasteiger partial charge in [-0.25, -0.2) is 0 Å². The van der Waals surface area contributed by atoms with Gasteiger partial charge in [0.2, 0.25) is 5.91 Å². The highest BCUT2D eigenvalue weighted by molar-refractivity contribution is 5.94. The third kappa shape index (κ3) is 4.63. The highest BCUT2D eigenvalue weighted by atomic mass is 16.5. The van der Waals surface area contributed by atoms with E-state index in [-0.39, 0.29) is 0 Å². The molecule has 5 heteroatoms. The Morgan fingerprint density at radius 3 is 2.72 bits per heavy atom. The number of carbonyl (C=O) groups excluding carboxylic acids is 1. The molecule has 0 radical (unpaired) electrons. The number of primary amides is 1. The van der Waals surface area contributed by atoms with Crippen molar-refractivity contribution in [3.8, 4) is 0 Å². The van der Waals surface area contributed by atoms with Gasteiger partial charge < -0.3 is 21.5 Å². The molecule has 0 bridgehead atoms. The van der Waals surface area contributed by atoms with Gasteiger partial charge in [0.15, 0.2) is 0 Å². The number of nitrogen functional groups attached to an aromatic ring is 1. The summed E-state index contributed by atoms with van der Waals surface area (Å²) in [4.78, 5) is 11.0. The van der Waals surface area contributed by atoms with E-state index in [1.165, 1.54) is 0 Å². The van der Waals surface area contributed by atoms with Gasteiger partial charge >= 0.3 is 0 Å². The van der Waals surface area contributed by atoms with Crippen LogP contribution in [0.1, 0.15) is 24.2 Å². The van der Waals surface area contributed by atoms with Crippen LogP contribution in [0, 0.1) is 5.92 Å². The second kappa shape index (κ2) is 6.86. The van der Waals surface area contributed by atoms with Crippen LogP contribution in [0.25, 0.3) is 0 Å². The summed E-state index contributed by atoms with van der Waals surface area (Å²) < 4.78 is 5.44. The van der Waals surface area contributed by atoms with Crippen molar-refractivity contribution in [1.29, 1.82) is 0 Å². The summed E-state index contributed by atoms with van der Waals surface area (Å²) in [7, 11) is 0. The zero-order valence-electron chi connectivity index (χ0n) is 10.9. The average Bonchev–Trinajstić information content (AvgIpc) is 2.29. The van der Waals surface area contributed by atoms with Crippen molar-refractivity contribution in [2.45, 2.75) is 13.8 Å². The van der Waals surface area contributed by atoms with E-state index in [4.69, 9.17) is 16.2 Å². The van der Waals surface area contributed by atoms with Crippen molar-refractivity contribution in [1.82, 2.24) is 0 Å². The molecule has 0 atom stereocenters. The van der Waals surface area contributed by atoms with Crippen LogP contribution in [-0.4, -0.2) is 25.7 Å². The topological polar surface area (TPSA) is 90.4 Å². The van der Waals surface area contributed by atoms with Gasteiger partial charge in [0.1, 0.15) is 0 Å². The number of hydrogen-bond donors (Lipinski definition) is 3. The molecule has 5 nitrogen and oxygen atoms in total. The molecule has 0 saturated carbocycles. The molecule has 0 aliphatic carbocycles. The highest BCUT2D eigenvalue weighted by Gasteiger charge is 2.04. The molecule has 5 N–H and O–H groups in total. The smallest absolute Gasteiger partial charge is 0.248 e. The number of amides is 1. The van der Waals surface area contributed by atoms with Crippen LogP contribution in [0.4, 0.5) is 11.4 Å². The standard InChI is InChI=1S/C13H21N3O2/c1-9(2)8-18-6-5-16-12-4-3-10(13(15)17)7-11(12)14/h3-4,7,9,16H,5-6,8,14H2,1-2H3,(H2,15,17). The molecule has 1 rings (SSSR count). The fourth-order valence-corrected chi connectivity index (χ4v) is 1.45. The van der Waals surface area contributed by atoms with Crippen LogP contribution >= 0.6 is 0 Å². The Morgan fingerprint density at radius 2 is 2.17 bits per heavy atom. The molecule has 1 amide bonds. The number of rotatable bonds is 7. The van der Waals surface area contributed by atoms with Gasteiger partial charge in [0, 0.05) is 18.7 Å². The first-order valence-electron chi connectivity index (χ1n) is 6.01. The summed E-state index contributed by atoms with van der Waals surface area (Å²) >= 11 is 0. The Morgan fingerprint density at radius 1 is 1.44 bits per heavy atom. The van der Waals surface area contributed by atoms with Gasteiger partial charge in [-0.05, 0) is 24.1 Å². The van der Waals surface area contributed by atoms with Crippen molar-refractivity contribution in [3.63, 3.8) is 0 Å². The lowest BCUT2D eigenvalue weighted by Crippen LogP contribution is -2.14. The number of benzene rings is 1. The largest absolute Gasteiger partial charge is 0.397 e. The predicted molar refractivity (Wildman–Crippen MR) is 73.5 cm³/mol. The molecule has 0 aliphatic heterocycles. The minimum absolute atomic E-state index is 0.411. The van der Waals surface area contributed by atoms with Crippen molar-refractivity contribution < 1.29 is 9.53 Å². The Labute approximate surface area is 107 Å². The summed E-state index contributed by atoms with van der Waals surface area (Å²) in [5.74, 6) is 0.0541. The summed E-state index contributed by atoms with van der Waals surface area (Å²) in [6, 6.07) is 4.97. The zero-order valence-corrected chi connectivity index (χ0v) is 10.9. The van der Waals surface area contributed by atoms with Gasteiger partial charge in [0.05, 0.1) is 18.0 Å². The Hall–Kier alpha value is -1.75. The number of anilines is 2. The van der Waals surface area contributed by atoms with Crippen LogP contribution in [0.3, 0.4) is 0 Å². The predicted octanol–water partition coefficient (Wildman–Crippen LogP) is 1.45. The number of carbonyl (C=O) groups is 1. The first-order valence-corrected chi connectivity index (χ1v) is 6.01. The monoisotopic (exact) mass is 251 g/mol. The Kier molecular flexibility index (Phi) is 5.45. The molecule has 0 aromatic heterocycles. The minimum Gasteiger partial charge on any atom is -0.397 e. The lowest BCUT2D eigenvalue weighted by Gasteiger charge is -2.11. The first kappa shape index (κ1) is 14.3. The van der Waals surface area contributed by atoms with Crippen molar-refractivity contribution in [2.75, 3.05) is 30.8 Å². The maximum Gasteiger partial charge on any atom is 0.248 e. The summed E-state index contributed by atoms with van der Waals surface area (Å²) in [5.41, 5.74) is 12.7. The molecule has 0 fully saturated rings. The first-order chi connectivity index (χ1) is 8.50. The maximum absolute atomic E-state index is 11.0. The van der Waals surface area contributed by atoms with Gasteiger partial charge in [-0.1, -0.05) is 13.8 Å². The molecule has 0 unspecified atom stereocenters. The van der Waals surface area contributed by atoms with Crippen molar-refractivity contribution >= 4 is 17.3 Å². The highest BCUT2D eigenvalue weighted by Crippen LogP contribution is 2.19. The molecular weight excluding hydrogens is 230 g/mol. The Bertz CT molecular complexity index is 405. The Balaban J connectivity index is 2.41. The zero-order chi connectivity index (χ0) is 13.5. The van der Waals surface area contributed by atoms with Crippen molar-refractivity contribution in [3.05, 3.63) is 23.8 Å². The fourth-order valence-electron chi connectivity index (χ4n) is 1.45. The van der Waals surface area contributed by atoms with E-state index in [0.29, 0.717) is 30.3 Å². The SMILES string of the molecule is CC(C)COCCNc1ccc(C(N)=O)cc1N. The second-order valence-electron chi connectivity index (χ2n) is 4.56. The van der Waals surface area contributed by atoms with E-state index in [9.17, 15) is 4.79 Å². The number of hydrogen-bond acceptors (Lipinski definition) is 4. The van der Waals surface area contributed by atoms with Crippen LogP contribution in [-0.2, 0) is 4.74 Å². The van der Waals surface area contributed by atoms with Crippen LogP contribution in [0.5, 0.6) is 0 Å². The van der Waals surface area contributed by atoms with Crippen LogP contribution in [0.2, 0.25) is 0 Å². The molecule has 0 spiro atoms. The molecule has 100 valence electrons. The normalized spacial score (nSPS) is 10.6. The third-order valence-electron chi connectivity index (χ3n) is 2.35. The second-order valence-corrected chi connectivity index (χ2v) is 4.56. The lowest BCUT2D eigenvalue weighted by molar-refractivity contribution is 0.100. The van der Waals surface area contributed by atoms with E-state index < -0.39 is 5.91 Å². The number of nitrogens with two attached hydrogens (primary N) is 2. The molecule has 0 aliphatic rings. The summed E-state index contributed by atoms with van der Waals surface area (Å²) in [5, 5.41) is 3.15. The molecule has 0 saturated heterocycles. The molecule has 1 aromatic carbocycles. The van der Waals surface area contributed by atoms with E-state index in [2.05, 4.69) is 19.2 Å².